The number of halogens is 1. The number of rotatable bonds is 2. The van der Waals surface area contributed by atoms with Crippen molar-refractivity contribution in [2.24, 2.45) is 5.92 Å². The van der Waals surface area contributed by atoms with E-state index in [0.29, 0.717) is 23.8 Å². The lowest BCUT2D eigenvalue weighted by Gasteiger charge is -2.29. The Balaban J connectivity index is 1.77. The van der Waals surface area contributed by atoms with Gasteiger partial charge in [0.15, 0.2) is 0 Å². The van der Waals surface area contributed by atoms with E-state index in [4.69, 9.17) is 16.9 Å². The highest BCUT2D eigenvalue weighted by Crippen LogP contribution is 2.27. The molecule has 1 aromatic heterocycles. The third-order valence-corrected chi connectivity index (χ3v) is 4.27. The van der Waals surface area contributed by atoms with Crippen molar-refractivity contribution < 1.29 is 4.79 Å². The molecule has 0 saturated carbocycles. The minimum absolute atomic E-state index is 0.0868. The third-order valence-electron chi connectivity index (χ3n) is 4.05. The Bertz CT molecular complexity index is 772. The maximum absolute atomic E-state index is 12.4. The summed E-state index contributed by atoms with van der Waals surface area (Å²) in [5, 5.41) is 12.5. The minimum Gasteiger partial charge on any atom is -0.323 e. The van der Waals surface area contributed by atoms with Gasteiger partial charge in [-0.2, -0.15) is 5.26 Å². The van der Waals surface area contributed by atoms with Crippen molar-refractivity contribution in [3.8, 4) is 17.2 Å². The van der Waals surface area contributed by atoms with Crippen LogP contribution >= 0.6 is 11.6 Å². The van der Waals surface area contributed by atoms with Gasteiger partial charge in [-0.05, 0) is 54.3 Å². The van der Waals surface area contributed by atoms with E-state index in [-0.39, 0.29) is 11.9 Å². The topological polar surface area (TPSA) is 69.0 Å². The Morgan fingerprint density at radius 3 is 2.83 bits per heavy atom. The molecule has 3 rings (SSSR count). The summed E-state index contributed by atoms with van der Waals surface area (Å²) in [5.41, 5.74) is 2.53. The van der Waals surface area contributed by atoms with Crippen molar-refractivity contribution >= 4 is 23.3 Å². The van der Waals surface area contributed by atoms with E-state index in [1.165, 1.54) is 0 Å². The number of nitrogens with one attached hydrogen (secondary N) is 1. The number of pyridine rings is 1. The average molecular weight is 341 g/mol. The molecule has 1 aromatic carbocycles. The van der Waals surface area contributed by atoms with Crippen LogP contribution in [0.2, 0.25) is 5.02 Å². The zero-order valence-corrected chi connectivity index (χ0v) is 13.8. The molecule has 24 heavy (non-hydrogen) atoms. The van der Waals surface area contributed by atoms with Gasteiger partial charge in [0, 0.05) is 36.2 Å². The number of amides is 2. The molecule has 1 fully saturated rings. The van der Waals surface area contributed by atoms with Gasteiger partial charge >= 0.3 is 6.03 Å². The number of piperidine rings is 1. The van der Waals surface area contributed by atoms with Crippen molar-refractivity contribution in [3.05, 3.63) is 47.7 Å². The Kier molecular flexibility index (Phi) is 4.97. The first-order valence-corrected chi connectivity index (χ1v) is 8.20. The lowest BCUT2D eigenvalue weighted by Crippen LogP contribution is -2.42. The van der Waals surface area contributed by atoms with E-state index in [9.17, 15) is 4.79 Å². The van der Waals surface area contributed by atoms with E-state index in [0.717, 1.165) is 24.0 Å². The quantitative estimate of drug-likeness (QED) is 0.892. The lowest BCUT2D eigenvalue weighted by molar-refractivity contribution is 0.189. The zero-order valence-electron chi connectivity index (χ0n) is 13.1. The molecule has 1 atom stereocenters. The van der Waals surface area contributed by atoms with E-state index in [1.807, 2.05) is 24.3 Å². The predicted octanol–water partition coefficient (Wildman–Crippen LogP) is 4.17. The number of nitriles is 1. The fraction of sp³-hybridized carbons (Fsp3) is 0.278. The maximum Gasteiger partial charge on any atom is 0.321 e. The van der Waals surface area contributed by atoms with Crippen LogP contribution in [0.1, 0.15) is 12.8 Å². The van der Waals surface area contributed by atoms with Crippen molar-refractivity contribution in [3.63, 3.8) is 0 Å². The standard InChI is InChI=1S/C18H17ClN4O/c19-16-8-15(14-3-5-21-6-4-14)9-17(10-16)22-18(24)23-7-1-2-13(11-20)12-23/h3-6,8-10,13H,1-2,7,12H2,(H,22,24). The molecule has 122 valence electrons. The molecule has 2 aromatic rings. The highest BCUT2D eigenvalue weighted by molar-refractivity contribution is 6.31. The van der Waals surface area contributed by atoms with Gasteiger partial charge in [0.05, 0.1) is 12.0 Å². The fourth-order valence-electron chi connectivity index (χ4n) is 2.84. The van der Waals surface area contributed by atoms with E-state index >= 15 is 0 Å². The van der Waals surface area contributed by atoms with Gasteiger partial charge in [0.2, 0.25) is 0 Å². The number of carbonyl (C=O) groups excluding carboxylic acids is 1. The van der Waals surface area contributed by atoms with Crippen LogP contribution < -0.4 is 5.32 Å². The highest BCUT2D eigenvalue weighted by Gasteiger charge is 2.23. The number of hydrogen-bond acceptors (Lipinski definition) is 3. The van der Waals surface area contributed by atoms with Crippen LogP contribution in [-0.4, -0.2) is 29.0 Å². The van der Waals surface area contributed by atoms with Gasteiger partial charge in [0.1, 0.15) is 0 Å². The van der Waals surface area contributed by atoms with Gasteiger partial charge in [-0.15, -0.1) is 0 Å². The SMILES string of the molecule is N#CC1CCCN(C(=O)Nc2cc(Cl)cc(-c3ccncc3)c2)C1. The van der Waals surface area contributed by atoms with Crippen LogP contribution in [0.25, 0.3) is 11.1 Å². The molecule has 5 nitrogen and oxygen atoms in total. The average Bonchev–Trinajstić information content (AvgIpc) is 2.62. The lowest BCUT2D eigenvalue weighted by atomic mass is 10.0. The van der Waals surface area contributed by atoms with Crippen LogP contribution in [0, 0.1) is 17.2 Å². The Morgan fingerprint density at radius 2 is 2.08 bits per heavy atom. The second kappa shape index (κ2) is 7.33. The molecular weight excluding hydrogens is 324 g/mol. The van der Waals surface area contributed by atoms with Crippen LogP contribution in [0.5, 0.6) is 0 Å². The van der Waals surface area contributed by atoms with Gasteiger partial charge in [-0.25, -0.2) is 4.79 Å². The number of urea groups is 1. The molecule has 1 aliphatic heterocycles. The van der Waals surface area contributed by atoms with Gasteiger partial charge in [-0.3, -0.25) is 4.98 Å². The second-order valence-corrected chi connectivity index (χ2v) is 6.25. The molecule has 1 saturated heterocycles. The van der Waals surface area contributed by atoms with Crippen LogP contribution in [-0.2, 0) is 0 Å². The number of carbonyl (C=O) groups is 1. The normalized spacial score (nSPS) is 17.2. The molecule has 1 aliphatic rings. The summed E-state index contributed by atoms with van der Waals surface area (Å²) >= 11 is 6.19. The maximum atomic E-state index is 12.4. The third kappa shape index (κ3) is 3.84. The number of aromatic nitrogens is 1. The first-order chi connectivity index (χ1) is 11.7. The monoisotopic (exact) mass is 340 g/mol. The number of anilines is 1. The summed E-state index contributed by atoms with van der Waals surface area (Å²) < 4.78 is 0. The Hall–Kier alpha value is -2.58. The smallest absolute Gasteiger partial charge is 0.321 e. The summed E-state index contributed by atoms with van der Waals surface area (Å²) in [4.78, 5) is 18.1. The first kappa shape index (κ1) is 16.3. The number of likely N-dealkylation sites (tertiary alicyclic amines) is 1. The molecule has 6 heteroatoms. The van der Waals surface area contributed by atoms with Crippen LogP contribution in [0.4, 0.5) is 10.5 Å². The van der Waals surface area contributed by atoms with Crippen LogP contribution in [0.15, 0.2) is 42.7 Å². The Morgan fingerprint density at radius 1 is 1.29 bits per heavy atom. The van der Waals surface area contributed by atoms with Crippen molar-refractivity contribution in [2.45, 2.75) is 12.8 Å². The molecule has 0 spiro atoms. The number of hydrogen-bond donors (Lipinski definition) is 1. The van der Waals surface area contributed by atoms with Crippen molar-refractivity contribution in [1.29, 1.82) is 5.26 Å². The molecule has 0 radical (unpaired) electrons. The molecule has 2 amide bonds. The molecule has 2 heterocycles. The van der Waals surface area contributed by atoms with Crippen molar-refractivity contribution in [1.82, 2.24) is 9.88 Å². The molecule has 0 aliphatic carbocycles. The van der Waals surface area contributed by atoms with Gasteiger partial charge in [0.25, 0.3) is 0 Å². The van der Waals surface area contributed by atoms with Gasteiger partial charge in [-0.1, -0.05) is 11.6 Å². The first-order valence-electron chi connectivity index (χ1n) is 7.82. The molecular formula is C18H17ClN4O. The zero-order chi connectivity index (χ0) is 16.9. The highest BCUT2D eigenvalue weighted by atomic mass is 35.5. The largest absolute Gasteiger partial charge is 0.323 e. The molecule has 0 bridgehead atoms. The number of nitrogens with zero attached hydrogens (tertiary/aromatic N) is 3. The molecule has 1 unspecified atom stereocenters. The summed E-state index contributed by atoms with van der Waals surface area (Å²) in [6.45, 7) is 1.14. The van der Waals surface area contributed by atoms with E-state index in [2.05, 4.69) is 16.4 Å². The summed E-state index contributed by atoms with van der Waals surface area (Å²) in [6, 6.07) is 11.3. The summed E-state index contributed by atoms with van der Waals surface area (Å²) in [5.74, 6) is -0.0868. The molecule has 1 N–H and O–H groups in total. The second-order valence-electron chi connectivity index (χ2n) is 5.81. The van der Waals surface area contributed by atoms with Crippen LogP contribution in [0.3, 0.4) is 0 Å². The predicted molar refractivity (Wildman–Crippen MR) is 93.6 cm³/mol. The summed E-state index contributed by atoms with van der Waals surface area (Å²) in [7, 11) is 0. The van der Waals surface area contributed by atoms with E-state index in [1.54, 1.807) is 23.4 Å². The summed E-state index contributed by atoms with van der Waals surface area (Å²) in [6.07, 6.45) is 5.13. The minimum atomic E-state index is -0.196. The van der Waals surface area contributed by atoms with Gasteiger partial charge < -0.3 is 10.2 Å². The Labute approximate surface area is 145 Å². The number of benzene rings is 1. The van der Waals surface area contributed by atoms with E-state index < -0.39 is 0 Å². The fourth-order valence-corrected chi connectivity index (χ4v) is 3.08. The van der Waals surface area contributed by atoms with Crippen molar-refractivity contribution in [2.75, 3.05) is 18.4 Å².